The van der Waals surface area contributed by atoms with Gasteiger partial charge in [-0.05, 0) is 18.7 Å². The molecule has 1 aromatic carbocycles. The second kappa shape index (κ2) is 5.84. The zero-order valence-electron chi connectivity index (χ0n) is 10.1. The van der Waals surface area contributed by atoms with Crippen molar-refractivity contribution in [2.45, 2.75) is 13.0 Å². The Labute approximate surface area is 111 Å². The van der Waals surface area contributed by atoms with Crippen LogP contribution >= 0.6 is 11.6 Å². The van der Waals surface area contributed by atoms with E-state index in [2.05, 4.69) is 10.1 Å². The van der Waals surface area contributed by atoms with Crippen LogP contribution in [0.15, 0.2) is 24.3 Å². The Hall–Kier alpha value is -1.59. The minimum atomic E-state index is 0.331. The number of benzene rings is 1. The number of hydrogen-bond donors (Lipinski definition) is 1. The number of nitrogens with zero attached hydrogens (tertiary/aromatic N) is 3. The molecule has 2 N–H and O–H groups in total. The van der Waals surface area contributed by atoms with Crippen LogP contribution in [-0.2, 0) is 20.1 Å². The van der Waals surface area contributed by atoms with Crippen molar-refractivity contribution in [1.29, 1.82) is 0 Å². The van der Waals surface area contributed by atoms with E-state index in [1.807, 2.05) is 25.2 Å². The Kier molecular flexibility index (Phi) is 4.17. The second-order valence-corrected chi connectivity index (χ2v) is 4.23. The molecular weight excluding hydrogens is 252 g/mol. The maximum absolute atomic E-state index is 6.00. The predicted molar refractivity (Wildman–Crippen MR) is 69.5 cm³/mol. The molecule has 0 unspecified atom stereocenters. The molecule has 2 rings (SSSR count). The molecule has 0 aliphatic rings. The summed E-state index contributed by atoms with van der Waals surface area (Å²) in [6, 6.07) is 7.33. The average Bonchev–Trinajstić information content (AvgIpc) is 2.69. The van der Waals surface area contributed by atoms with Crippen LogP contribution in [0.2, 0.25) is 5.02 Å². The van der Waals surface area contributed by atoms with Gasteiger partial charge in [-0.25, -0.2) is 9.67 Å². The van der Waals surface area contributed by atoms with E-state index in [9.17, 15) is 0 Å². The third kappa shape index (κ3) is 3.00. The van der Waals surface area contributed by atoms with Crippen LogP contribution in [0.3, 0.4) is 0 Å². The third-order valence-corrected chi connectivity index (χ3v) is 2.77. The molecule has 0 saturated carbocycles. The minimum Gasteiger partial charge on any atom is -0.484 e. The van der Waals surface area contributed by atoms with Crippen molar-refractivity contribution in [3.05, 3.63) is 40.9 Å². The lowest BCUT2D eigenvalue weighted by Crippen LogP contribution is -2.04. The van der Waals surface area contributed by atoms with Gasteiger partial charge in [-0.3, -0.25) is 0 Å². The van der Waals surface area contributed by atoms with Crippen molar-refractivity contribution in [1.82, 2.24) is 14.8 Å². The highest BCUT2D eigenvalue weighted by molar-refractivity contribution is 6.32. The summed E-state index contributed by atoms with van der Waals surface area (Å²) in [5.74, 6) is 2.12. The Bertz CT molecular complexity index is 527. The first-order chi connectivity index (χ1) is 8.70. The minimum absolute atomic E-state index is 0.331. The maximum atomic E-state index is 6.00. The van der Waals surface area contributed by atoms with Gasteiger partial charge in [0.1, 0.15) is 12.4 Å². The summed E-state index contributed by atoms with van der Waals surface area (Å²) in [5.41, 5.74) is 5.47. The van der Waals surface area contributed by atoms with Gasteiger partial charge in [-0.1, -0.05) is 23.7 Å². The molecule has 18 heavy (non-hydrogen) atoms. The molecular formula is C12H15ClN4O. The number of ether oxygens (including phenoxy) is 1. The van der Waals surface area contributed by atoms with Crippen LogP contribution in [0.1, 0.15) is 11.6 Å². The summed E-state index contributed by atoms with van der Waals surface area (Å²) in [7, 11) is 1.83. The first-order valence-electron chi connectivity index (χ1n) is 5.67. The molecule has 0 amide bonds. The SMILES string of the molecule is Cn1nc(CCN)nc1COc1ccccc1Cl. The van der Waals surface area contributed by atoms with Gasteiger partial charge in [-0.15, -0.1) is 0 Å². The third-order valence-electron chi connectivity index (χ3n) is 2.46. The normalized spacial score (nSPS) is 10.6. The lowest BCUT2D eigenvalue weighted by molar-refractivity contribution is 0.290. The first kappa shape index (κ1) is 12.9. The summed E-state index contributed by atoms with van der Waals surface area (Å²) in [4.78, 5) is 4.35. The highest BCUT2D eigenvalue weighted by Crippen LogP contribution is 2.23. The monoisotopic (exact) mass is 266 g/mol. The fourth-order valence-corrected chi connectivity index (χ4v) is 1.73. The molecule has 6 heteroatoms. The molecule has 1 heterocycles. The van der Waals surface area contributed by atoms with Crippen molar-refractivity contribution in [3.8, 4) is 5.75 Å². The number of halogens is 1. The summed E-state index contributed by atoms with van der Waals surface area (Å²) < 4.78 is 7.30. The van der Waals surface area contributed by atoms with E-state index in [-0.39, 0.29) is 0 Å². The van der Waals surface area contributed by atoms with Crippen molar-refractivity contribution in [3.63, 3.8) is 0 Å². The van der Waals surface area contributed by atoms with Gasteiger partial charge in [-0.2, -0.15) is 5.10 Å². The largest absolute Gasteiger partial charge is 0.484 e. The summed E-state index contributed by atoms with van der Waals surface area (Å²) >= 11 is 6.00. The van der Waals surface area contributed by atoms with Crippen LogP contribution in [0.4, 0.5) is 0 Å². The summed E-state index contributed by atoms with van der Waals surface area (Å²) in [6.45, 7) is 0.868. The Morgan fingerprint density at radius 2 is 2.17 bits per heavy atom. The zero-order valence-corrected chi connectivity index (χ0v) is 10.9. The van der Waals surface area contributed by atoms with Crippen molar-refractivity contribution < 1.29 is 4.74 Å². The Morgan fingerprint density at radius 1 is 1.39 bits per heavy atom. The number of aryl methyl sites for hydroxylation is 1. The number of para-hydroxylation sites is 1. The van der Waals surface area contributed by atoms with Gasteiger partial charge < -0.3 is 10.5 Å². The molecule has 0 atom stereocenters. The van der Waals surface area contributed by atoms with Gasteiger partial charge in [0.05, 0.1) is 5.02 Å². The summed E-state index contributed by atoms with van der Waals surface area (Å²) in [6.07, 6.45) is 0.667. The van der Waals surface area contributed by atoms with Crippen molar-refractivity contribution in [2.24, 2.45) is 12.8 Å². The lowest BCUT2D eigenvalue weighted by atomic mass is 10.3. The molecule has 0 aliphatic carbocycles. The first-order valence-corrected chi connectivity index (χ1v) is 6.04. The van der Waals surface area contributed by atoms with Crippen LogP contribution in [0.25, 0.3) is 0 Å². The van der Waals surface area contributed by atoms with Crippen LogP contribution in [0.5, 0.6) is 5.75 Å². The fourth-order valence-electron chi connectivity index (χ4n) is 1.54. The molecule has 96 valence electrons. The van der Waals surface area contributed by atoms with Crippen LogP contribution in [0, 0.1) is 0 Å². The van der Waals surface area contributed by atoms with E-state index in [1.165, 1.54) is 0 Å². The number of rotatable bonds is 5. The number of aromatic nitrogens is 3. The van der Waals surface area contributed by atoms with Gasteiger partial charge >= 0.3 is 0 Å². The fraction of sp³-hybridized carbons (Fsp3) is 0.333. The van der Waals surface area contributed by atoms with Crippen LogP contribution < -0.4 is 10.5 Å². The number of hydrogen-bond acceptors (Lipinski definition) is 4. The topological polar surface area (TPSA) is 66.0 Å². The summed E-state index contributed by atoms with van der Waals surface area (Å²) in [5, 5.41) is 4.83. The molecule has 0 aliphatic heterocycles. The van der Waals surface area contributed by atoms with Crippen molar-refractivity contribution in [2.75, 3.05) is 6.54 Å². The smallest absolute Gasteiger partial charge is 0.164 e. The maximum Gasteiger partial charge on any atom is 0.164 e. The van der Waals surface area contributed by atoms with Gasteiger partial charge in [0.25, 0.3) is 0 Å². The van der Waals surface area contributed by atoms with Gasteiger partial charge in [0.15, 0.2) is 11.6 Å². The van der Waals surface area contributed by atoms with E-state index in [0.29, 0.717) is 30.3 Å². The molecule has 0 saturated heterocycles. The second-order valence-electron chi connectivity index (χ2n) is 3.83. The van der Waals surface area contributed by atoms with Gasteiger partial charge in [0, 0.05) is 13.5 Å². The molecule has 1 aromatic heterocycles. The Balaban J connectivity index is 2.04. The zero-order chi connectivity index (χ0) is 13.0. The average molecular weight is 267 g/mol. The van der Waals surface area contributed by atoms with Crippen LogP contribution in [-0.4, -0.2) is 21.3 Å². The molecule has 0 fully saturated rings. The Morgan fingerprint density at radius 3 is 2.89 bits per heavy atom. The molecule has 2 aromatic rings. The van der Waals surface area contributed by atoms with E-state index >= 15 is 0 Å². The highest BCUT2D eigenvalue weighted by Gasteiger charge is 2.08. The highest BCUT2D eigenvalue weighted by atomic mass is 35.5. The molecule has 5 nitrogen and oxygen atoms in total. The molecule has 0 spiro atoms. The number of nitrogens with two attached hydrogens (primary N) is 1. The van der Waals surface area contributed by atoms with Gasteiger partial charge in [0.2, 0.25) is 0 Å². The quantitative estimate of drug-likeness (QED) is 0.892. The molecule has 0 bridgehead atoms. The van der Waals surface area contributed by atoms with Crippen molar-refractivity contribution >= 4 is 11.6 Å². The van der Waals surface area contributed by atoms with E-state index in [1.54, 1.807) is 10.7 Å². The van der Waals surface area contributed by atoms with E-state index < -0.39 is 0 Å². The standard InChI is InChI=1S/C12H15ClN4O/c1-17-12(15-11(16-17)6-7-14)8-18-10-5-3-2-4-9(10)13/h2-5H,6-8,14H2,1H3. The lowest BCUT2D eigenvalue weighted by Gasteiger charge is -2.06. The van der Waals surface area contributed by atoms with E-state index in [0.717, 1.165) is 11.6 Å². The predicted octanol–water partition coefficient (Wildman–Crippen LogP) is 1.55. The van der Waals surface area contributed by atoms with E-state index in [4.69, 9.17) is 22.1 Å². The molecule has 0 radical (unpaired) electrons.